The van der Waals surface area contributed by atoms with Crippen LogP contribution in [0.3, 0.4) is 0 Å². The molecular weight excluding hydrogens is 430 g/mol. The van der Waals surface area contributed by atoms with Crippen molar-refractivity contribution >= 4 is 17.7 Å². The predicted octanol–water partition coefficient (Wildman–Crippen LogP) is 6.59. The van der Waals surface area contributed by atoms with Crippen molar-refractivity contribution in [2.45, 2.75) is 54.9 Å². The summed E-state index contributed by atoms with van der Waals surface area (Å²) in [5.41, 5.74) is 3.73. The van der Waals surface area contributed by atoms with E-state index >= 15 is 0 Å². The van der Waals surface area contributed by atoms with Crippen molar-refractivity contribution in [3.8, 4) is 11.6 Å². The second kappa shape index (κ2) is 14.4. The van der Waals surface area contributed by atoms with Gasteiger partial charge in [0, 0.05) is 24.2 Å². The Morgan fingerprint density at radius 1 is 0.882 bits per heavy atom. The smallest absolute Gasteiger partial charge is 0.420 e. The van der Waals surface area contributed by atoms with Crippen LogP contribution in [0.15, 0.2) is 54.9 Å². The van der Waals surface area contributed by atoms with E-state index in [1.165, 1.54) is 7.11 Å². The molecule has 0 saturated carbocycles. The molecule has 0 bridgehead atoms. The van der Waals surface area contributed by atoms with E-state index in [0.717, 1.165) is 27.3 Å². The molecule has 0 atom stereocenters. The molecule has 0 spiro atoms. The molecule has 0 fully saturated rings. The molecule has 34 heavy (non-hydrogen) atoms. The van der Waals surface area contributed by atoms with Gasteiger partial charge in [0.2, 0.25) is 11.8 Å². The van der Waals surface area contributed by atoms with Gasteiger partial charge in [0.25, 0.3) is 0 Å². The van der Waals surface area contributed by atoms with Crippen molar-refractivity contribution in [2.24, 2.45) is 0 Å². The number of pyridine rings is 2. The maximum absolute atomic E-state index is 12.9. The standard InChI is InChI=1S/C23H23N3O4.2C2H6/c1-15-5-10-21(25-14-15)30-19-8-6-18(7-9-19)13-22(27)26(23(28)29-4)20-11-12-24-17(3)16(20)2;2*1-2/h5-12,14H,13H2,1-4H3;2*1-2H3. The van der Waals surface area contributed by atoms with Crippen LogP contribution in [-0.2, 0) is 16.0 Å². The molecule has 1 aromatic carbocycles. The highest BCUT2D eigenvalue weighted by molar-refractivity contribution is 6.13. The molecule has 0 N–H and O–H groups in total. The Morgan fingerprint density at radius 3 is 2.09 bits per heavy atom. The van der Waals surface area contributed by atoms with Gasteiger partial charge >= 0.3 is 6.09 Å². The number of aromatic nitrogens is 2. The Labute approximate surface area is 202 Å². The molecule has 2 amide bonds. The number of imide groups is 1. The van der Waals surface area contributed by atoms with Gasteiger partial charge in [-0.15, -0.1) is 0 Å². The van der Waals surface area contributed by atoms with Gasteiger partial charge < -0.3 is 9.47 Å². The number of carbonyl (C=O) groups is 2. The maximum atomic E-state index is 12.9. The number of amides is 2. The van der Waals surface area contributed by atoms with Crippen molar-refractivity contribution in [3.63, 3.8) is 0 Å². The van der Waals surface area contributed by atoms with Gasteiger partial charge in [-0.05, 0) is 55.7 Å². The quantitative estimate of drug-likeness (QED) is 0.423. The van der Waals surface area contributed by atoms with Crippen molar-refractivity contribution < 1.29 is 19.1 Å². The largest absolute Gasteiger partial charge is 0.452 e. The Morgan fingerprint density at radius 2 is 1.53 bits per heavy atom. The van der Waals surface area contributed by atoms with Crippen LogP contribution in [0.2, 0.25) is 0 Å². The van der Waals surface area contributed by atoms with Crippen molar-refractivity contribution in [3.05, 3.63) is 77.2 Å². The summed E-state index contributed by atoms with van der Waals surface area (Å²) in [6, 6.07) is 12.4. The van der Waals surface area contributed by atoms with E-state index in [-0.39, 0.29) is 6.42 Å². The number of rotatable bonds is 5. The molecule has 2 heterocycles. The summed E-state index contributed by atoms with van der Waals surface area (Å²) in [5, 5.41) is 0. The lowest BCUT2D eigenvalue weighted by molar-refractivity contribution is -0.117. The molecule has 7 heteroatoms. The lowest BCUT2D eigenvalue weighted by atomic mass is 10.1. The summed E-state index contributed by atoms with van der Waals surface area (Å²) >= 11 is 0. The summed E-state index contributed by atoms with van der Waals surface area (Å²) in [7, 11) is 1.25. The van der Waals surface area contributed by atoms with Crippen LogP contribution in [0.1, 0.15) is 50.1 Å². The SMILES string of the molecule is CC.CC.COC(=O)N(C(=O)Cc1ccc(Oc2ccc(C)cn2)cc1)c1ccnc(C)c1C. The molecule has 7 nitrogen and oxygen atoms in total. The van der Waals surface area contributed by atoms with Gasteiger partial charge in [-0.25, -0.2) is 14.7 Å². The number of ether oxygens (including phenoxy) is 2. The van der Waals surface area contributed by atoms with Crippen LogP contribution in [0, 0.1) is 20.8 Å². The minimum absolute atomic E-state index is 0.0268. The van der Waals surface area contributed by atoms with Crippen LogP contribution in [0.4, 0.5) is 10.5 Å². The van der Waals surface area contributed by atoms with Gasteiger partial charge in [-0.2, -0.15) is 0 Å². The lowest BCUT2D eigenvalue weighted by Gasteiger charge is -2.22. The highest BCUT2D eigenvalue weighted by Gasteiger charge is 2.26. The van der Waals surface area contributed by atoms with Gasteiger partial charge in [-0.3, -0.25) is 9.78 Å². The van der Waals surface area contributed by atoms with Gasteiger partial charge in [0.1, 0.15) is 5.75 Å². The van der Waals surface area contributed by atoms with E-state index in [1.807, 2.05) is 54.5 Å². The van der Waals surface area contributed by atoms with Crippen LogP contribution < -0.4 is 9.64 Å². The number of anilines is 1. The fraction of sp³-hybridized carbons (Fsp3) is 0.333. The first kappa shape index (κ1) is 28.3. The molecule has 0 saturated heterocycles. The Kier molecular flexibility index (Phi) is 12.0. The second-order valence-corrected chi connectivity index (χ2v) is 6.84. The second-order valence-electron chi connectivity index (χ2n) is 6.84. The van der Waals surface area contributed by atoms with E-state index in [0.29, 0.717) is 17.3 Å². The van der Waals surface area contributed by atoms with E-state index in [9.17, 15) is 9.59 Å². The van der Waals surface area contributed by atoms with E-state index in [1.54, 1.807) is 48.8 Å². The zero-order chi connectivity index (χ0) is 25.7. The van der Waals surface area contributed by atoms with E-state index < -0.39 is 12.0 Å². The van der Waals surface area contributed by atoms with Crippen LogP contribution in [0.5, 0.6) is 11.6 Å². The Bertz CT molecular complexity index is 1050. The predicted molar refractivity (Wildman–Crippen MR) is 135 cm³/mol. The summed E-state index contributed by atoms with van der Waals surface area (Å²) in [6.07, 6.45) is 2.58. The number of hydrogen-bond acceptors (Lipinski definition) is 6. The molecule has 182 valence electrons. The fourth-order valence-corrected chi connectivity index (χ4v) is 2.86. The summed E-state index contributed by atoms with van der Waals surface area (Å²) in [5.74, 6) is 0.697. The van der Waals surface area contributed by atoms with Crippen LogP contribution in [0.25, 0.3) is 0 Å². The number of nitrogens with zero attached hydrogens (tertiary/aromatic N) is 3. The molecule has 3 rings (SSSR count). The molecule has 0 aliphatic heterocycles. The number of methoxy groups -OCH3 is 1. The summed E-state index contributed by atoms with van der Waals surface area (Å²) in [6.45, 7) is 13.6. The molecule has 2 aromatic heterocycles. The molecule has 3 aromatic rings. The third kappa shape index (κ3) is 7.69. The third-order valence-corrected chi connectivity index (χ3v) is 4.66. The molecule has 0 aliphatic rings. The van der Waals surface area contributed by atoms with E-state index in [2.05, 4.69) is 9.97 Å². The lowest BCUT2D eigenvalue weighted by Crippen LogP contribution is -2.38. The van der Waals surface area contributed by atoms with Gasteiger partial charge in [0.05, 0.1) is 19.2 Å². The maximum Gasteiger partial charge on any atom is 0.420 e. The summed E-state index contributed by atoms with van der Waals surface area (Å²) in [4.78, 5) is 34.7. The van der Waals surface area contributed by atoms with Gasteiger partial charge in [-0.1, -0.05) is 45.9 Å². The number of benzene rings is 1. The van der Waals surface area contributed by atoms with E-state index in [4.69, 9.17) is 9.47 Å². The van der Waals surface area contributed by atoms with Crippen molar-refractivity contribution in [1.29, 1.82) is 0 Å². The molecule has 0 aliphatic carbocycles. The zero-order valence-corrected chi connectivity index (χ0v) is 21.4. The Hall–Kier alpha value is -3.74. The number of carbonyl (C=O) groups excluding carboxylic acids is 2. The monoisotopic (exact) mass is 465 g/mol. The van der Waals surface area contributed by atoms with Crippen LogP contribution in [-0.4, -0.2) is 29.1 Å². The fourth-order valence-electron chi connectivity index (χ4n) is 2.86. The zero-order valence-electron chi connectivity index (χ0n) is 21.4. The van der Waals surface area contributed by atoms with Crippen LogP contribution >= 0.6 is 0 Å². The molecule has 0 unspecified atom stereocenters. The molecular formula is C27H35N3O4. The van der Waals surface area contributed by atoms with Crippen molar-refractivity contribution in [2.75, 3.05) is 12.0 Å². The minimum Gasteiger partial charge on any atom is -0.452 e. The average Bonchev–Trinajstić information content (AvgIpc) is 2.87. The minimum atomic E-state index is -0.737. The van der Waals surface area contributed by atoms with Gasteiger partial charge in [0.15, 0.2) is 0 Å². The topological polar surface area (TPSA) is 81.6 Å². The number of aryl methyl sites for hydroxylation is 2. The average molecular weight is 466 g/mol. The molecule has 0 radical (unpaired) electrons. The highest BCUT2D eigenvalue weighted by Crippen LogP contribution is 2.24. The normalized spacial score (nSPS) is 9.53. The highest BCUT2D eigenvalue weighted by atomic mass is 16.5. The first-order valence-electron chi connectivity index (χ1n) is 11.4. The third-order valence-electron chi connectivity index (χ3n) is 4.66. The Balaban J connectivity index is 0.00000137. The summed E-state index contributed by atoms with van der Waals surface area (Å²) < 4.78 is 10.5. The first-order chi connectivity index (χ1) is 16.4. The van der Waals surface area contributed by atoms with Crippen molar-refractivity contribution in [1.82, 2.24) is 9.97 Å². The number of hydrogen-bond donors (Lipinski definition) is 0. The first-order valence-corrected chi connectivity index (χ1v) is 11.4.